The van der Waals surface area contributed by atoms with E-state index in [-0.39, 0.29) is 29.9 Å². The molecule has 0 radical (unpaired) electrons. The second kappa shape index (κ2) is 9.15. The van der Waals surface area contributed by atoms with Gasteiger partial charge in [-0.05, 0) is 57.1 Å². The van der Waals surface area contributed by atoms with E-state index < -0.39 is 0 Å². The lowest BCUT2D eigenvalue weighted by Gasteiger charge is -2.27. The number of benzene rings is 1. The maximum absolute atomic E-state index is 13.1. The molecule has 3 aliphatic rings. The number of nitrogens with zero attached hydrogens (tertiary/aromatic N) is 3. The number of carbonyl (C=O) groups excluding carboxylic acids is 2. The first-order chi connectivity index (χ1) is 16.3. The van der Waals surface area contributed by atoms with E-state index in [1.165, 1.54) is 0 Å². The average molecular weight is 484 g/mol. The topological polar surface area (TPSA) is 96.5 Å². The largest absolute Gasteiger partial charge is 0.381 e. The number of hydrogen-bond acceptors (Lipinski definition) is 6. The van der Waals surface area contributed by atoms with E-state index in [4.69, 9.17) is 16.3 Å². The summed E-state index contributed by atoms with van der Waals surface area (Å²) in [6, 6.07) is 5.90. The molecule has 2 aromatic rings. The van der Waals surface area contributed by atoms with Gasteiger partial charge in [0.05, 0.1) is 16.9 Å². The van der Waals surface area contributed by atoms with Gasteiger partial charge in [-0.2, -0.15) is 0 Å². The van der Waals surface area contributed by atoms with Crippen LogP contribution in [0, 0.1) is 5.92 Å². The van der Waals surface area contributed by atoms with Crippen molar-refractivity contribution in [3.05, 3.63) is 40.5 Å². The Morgan fingerprint density at radius 3 is 2.74 bits per heavy atom. The molecule has 34 heavy (non-hydrogen) atoms. The molecule has 1 saturated carbocycles. The van der Waals surface area contributed by atoms with Crippen LogP contribution in [0.3, 0.4) is 0 Å². The van der Waals surface area contributed by atoms with Crippen LogP contribution in [0.15, 0.2) is 24.4 Å². The first kappa shape index (κ1) is 23.1. The van der Waals surface area contributed by atoms with Crippen LogP contribution in [0.5, 0.6) is 0 Å². The molecule has 1 aromatic carbocycles. The molecule has 1 aliphatic carbocycles. The van der Waals surface area contributed by atoms with Gasteiger partial charge in [-0.1, -0.05) is 23.7 Å². The third-order valence-corrected chi connectivity index (χ3v) is 7.23. The average Bonchev–Trinajstić information content (AvgIpc) is 3.62. The third kappa shape index (κ3) is 4.88. The third-order valence-electron chi connectivity index (χ3n) is 6.95. The Labute approximate surface area is 204 Å². The summed E-state index contributed by atoms with van der Waals surface area (Å²) in [5.74, 6) is 0.756. The molecule has 0 unspecified atom stereocenters. The second-order valence-electron chi connectivity index (χ2n) is 10.00. The van der Waals surface area contributed by atoms with Gasteiger partial charge in [-0.15, -0.1) is 0 Å². The number of halogens is 1. The first-order valence-electron chi connectivity index (χ1n) is 11.9. The predicted molar refractivity (Wildman–Crippen MR) is 130 cm³/mol. The van der Waals surface area contributed by atoms with Gasteiger partial charge in [0.15, 0.2) is 0 Å². The van der Waals surface area contributed by atoms with Gasteiger partial charge >= 0.3 is 0 Å². The Morgan fingerprint density at radius 1 is 1.24 bits per heavy atom. The zero-order valence-corrected chi connectivity index (χ0v) is 20.3. The smallest absolute Gasteiger partial charge is 0.254 e. The number of hydrogen-bond donors (Lipinski definition) is 2. The highest BCUT2D eigenvalue weighted by atomic mass is 35.5. The van der Waals surface area contributed by atoms with Crippen LogP contribution in [-0.2, 0) is 16.1 Å². The molecule has 2 amide bonds. The molecule has 3 heterocycles. The van der Waals surface area contributed by atoms with Gasteiger partial charge in [0.2, 0.25) is 11.9 Å². The van der Waals surface area contributed by atoms with Crippen LogP contribution in [0.25, 0.3) is 11.3 Å². The van der Waals surface area contributed by atoms with Gasteiger partial charge in [-0.25, -0.2) is 9.97 Å². The van der Waals surface area contributed by atoms with E-state index in [1.54, 1.807) is 11.1 Å². The van der Waals surface area contributed by atoms with Crippen LogP contribution in [0.4, 0.5) is 5.95 Å². The Kier molecular flexibility index (Phi) is 6.20. The highest BCUT2D eigenvalue weighted by molar-refractivity contribution is 6.33. The SMILES string of the molecule is CC(C)(NC(=O)CN1Cc2ccc(-c3nc(NC4CCOCC4)ncc3Cl)cc2C1=O)C1CC1. The van der Waals surface area contributed by atoms with Crippen LogP contribution in [0.2, 0.25) is 5.02 Å². The Hall–Kier alpha value is -2.71. The summed E-state index contributed by atoms with van der Waals surface area (Å²) in [7, 11) is 0. The maximum atomic E-state index is 13.1. The highest BCUT2D eigenvalue weighted by Crippen LogP contribution is 2.39. The highest BCUT2D eigenvalue weighted by Gasteiger charge is 2.39. The van der Waals surface area contributed by atoms with E-state index in [0.717, 1.165) is 50.0 Å². The summed E-state index contributed by atoms with van der Waals surface area (Å²) < 4.78 is 5.41. The fourth-order valence-electron chi connectivity index (χ4n) is 4.78. The van der Waals surface area contributed by atoms with Crippen molar-refractivity contribution in [2.75, 3.05) is 25.1 Å². The predicted octanol–water partition coefficient (Wildman–Crippen LogP) is 3.65. The van der Waals surface area contributed by atoms with E-state index in [2.05, 4.69) is 20.6 Å². The summed E-state index contributed by atoms with van der Waals surface area (Å²) in [5, 5.41) is 6.87. The standard InChI is InChI=1S/C25H30ClN5O3/c1-25(2,17-5-6-17)30-21(32)14-31-13-16-4-3-15(11-19(16)23(31)33)22-20(26)12-27-24(29-22)28-18-7-9-34-10-8-18/h3-4,11-12,17-18H,5-10,13-14H2,1-2H3,(H,30,32)(H,27,28,29). The van der Waals surface area contributed by atoms with Gasteiger partial charge in [0, 0.05) is 42.5 Å². The molecule has 8 nitrogen and oxygen atoms in total. The number of rotatable bonds is 7. The molecule has 1 aromatic heterocycles. The molecule has 2 fully saturated rings. The molecule has 1 saturated heterocycles. The molecular formula is C25H30ClN5O3. The lowest BCUT2D eigenvalue weighted by atomic mass is 9.99. The van der Waals surface area contributed by atoms with E-state index in [1.807, 2.05) is 32.0 Å². The summed E-state index contributed by atoms with van der Waals surface area (Å²) in [4.78, 5) is 36.3. The molecule has 0 spiro atoms. The van der Waals surface area contributed by atoms with Gasteiger partial charge < -0.3 is 20.3 Å². The molecule has 9 heteroatoms. The quantitative estimate of drug-likeness (QED) is 0.624. The summed E-state index contributed by atoms with van der Waals surface area (Å²) in [6.07, 6.45) is 5.66. The Balaban J connectivity index is 1.30. The molecular weight excluding hydrogens is 454 g/mol. The summed E-state index contributed by atoms with van der Waals surface area (Å²) in [5.41, 5.74) is 2.56. The zero-order valence-electron chi connectivity index (χ0n) is 19.6. The fraction of sp³-hybridized carbons (Fsp3) is 0.520. The minimum absolute atomic E-state index is 0.0480. The summed E-state index contributed by atoms with van der Waals surface area (Å²) in [6.45, 7) is 6.00. The van der Waals surface area contributed by atoms with Crippen molar-refractivity contribution in [2.24, 2.45) is 5.92 Å². The maximum Gasteiger partial charge on any atom is 0.254 e. The zero-order chi connectivity index (χ0) is 23.9. The van der Waals surface area contributed by atoms with Crippen LogP contribution in [-0.4, -0.2) is 58.0 Å². The van der Waals surface area contributed by atoms with Crippen molar-refractivity contribution in [3.8, 4) is 11.3 Å². The number of carbonyl (C=O) groups is 2. The minimum atomic E-state index is -0.236. The van der Waals surface area contributed by atoms with Crippen molar-refractivity contribution in [3.63, 3.8) is 0 Å². The van der Waals surface area contributed by atoms with Crippen molar-refractivity contribution in [1.82, 2.24) is 20.2 Å². The van der Waals surface area contributed by atoms with E-state index >= 15 is 0 Å². The van der Waals surface area contributed by atoms with Gasteiger partial charge in [0.1, 0.15) is 6.54 Å². The molecule has 180 valence electrons. The molecule has 0 atom stereocenters. The lowest BCUT2D eigenvalue weighted by Crippen LogP contribution is -2.49. The minimum Gasteiger partial charge on any atom is -0.381 e. The van der Waals surface area contributed by atoms with Crippen LogP contribution >= 0.6 is 11.6 Å². The number of anilines is 1. The molecule has 2 N–H and O–H groups in total. The monoisotopic (exact) mass is 483 g/mol. The summed E-state index contributed by atoms with van der Waals surface area (Å²) >= 11 is 6.43. The van der Waals surface area contributed by atoms with Gasteiger partial charge in [-0.3, -0.25) is 9.59 Å². The molecule has 0 bridgehead atoms. The van der Waals surface area contributed by atoms with Crippen LogP contribution in [0.1, 0.15) is 55.5 Å². The number of nitrogens with one attached hydrogen (secondary N) is 2. The van der Waals surface area contributed by atoms with Crippen LogP contribution < -0.4 is 10.6 Å². The molecule has 5 rings (SSSR count). The van der Waals surface area contributed by atoms with Crippen molar-refractivity contribution in [1.29, 1.82) is 0 Å². The lowest BCUT2D eigenvalue weighted by molar-refractivity contribution is -0.123. The van der Waals surface area contributed by atoms with E-state index in [9.17, 15) is 9.59 Å². The Morgan fingerprint density at radius 2 is 2.00 bits per heavy atom. The molecule has 2 aliphatic heterocycles. The number of aromatic nitrogens is 2. The number of fused-ring (bicyclic) bond motifs is 1. The van der Waals surface area contributed by atoms with Crippen molar-refractivity contribution in [2.45, 2.75) is 57.7 Å². The number of amides is 2. The first-order valence-corrected chi connectivity index (χ1v) is 12.3. The van der Waals surface area contributed by atoms with Gasteiger partial charge in [0.25, 0.3) is 5.91 Å². The number of ether oxygens (including phenoxy) is 1. The fourth-order valence-corrected chi connectivity index (χ4v) is 4.98. The van der Waals surface area contributed by atoms with Crippen molar-refractivity contribution < 1.29 is 14.3 Å². The Bertz CT molecular complexity index is 1110. The second-order valence-corrected chi connectivity index (χ2v) is 10.4. The van der Waals surface area contributed by atoms with Crippen molar-refractivity contribution >= 4 is 29.4 Å². The normalized spacial score (nSPS) is 18.7. The van der Waals surface area contributed by atoms with E-state index in [0.29, 0.717) is 34.7 Å².